The minimum absolute atomic E-state index is 0.0583. The Labute approximate surface area is 164 Å². The van der Waals surface area contributed by atoms with Crippen LogP contribution in [0.25, 0.3) is 5.57 Å². The molecule has 0 bridgehead atoms. The molecule has 1 aliphatic carbocycles. The molecule has 1 saturated carbocycles. The topological polar surface area (TPSA) is 71.9 Å². The monoisotopic (exact) mass is 373 g/mol. The summed E-state index contributed by atoms with van der Waals surface area (Å²) in [6.45, 7) is 5.66. The molecule has 2 aliphatic rings. The van der Waals surface area contributed by atoms with E-state index in [4.69, 9.17) is 0 Å². The standard InChI is InChI=1S/C22H23N5O/c1-15-23-12-19(13-24-15)16-5-4-9-22(2,3)21(28)27(10-8-16)20-11-18(14-25-26-20)17-6-7-17/h4-5,8-14,17H,6-7H2,1-3H3/b9-4+,10-8+,16-5+. The van der Waals surface area contributed by atoms with Crippen LogP contribution < -0.4 is 4.90 Å². The van der Waals surface area contributed by atoms with Crippen molar-refractivity contribution in [1.82, 2.24) is 20.2 Å². The van der Waals surface area contributed by atoms with E-state index in [1.807, 2.05) is 51.1 Å². The maximum absolute atomic E-state index is 13.3. The summed E-state index contributed by atoms with van der Waals surface area (Å²) in [5.41, 5.74) is 2.26. The number of hydrogen-bond donors (Lipinski definition) is 0. The van der Waals surface area contributed by atoms with E-state index >= 15 is 0 Å². The summed E-state index contributed by atoms with van der Waals surface area (Å²) < 4.78 is 0. The molecule has 0 unspecified atom stereocenters. The van der Waals surface area contributed by atoms with Crippen molar-refractivity contribution in [2.75, 3.05) is 4.90 Å². The Balaban J connectivity index is 1.75. The average molecular weight is 373 g/mol. The predicted octanol–water partition coefficient (Wildman–Crippen LogP) is 3.98. The fourth-order valence-corrected chi connectivity index (χ4v) is 3.09. The summed E-state index contributed by atoms with van der Waals surface area (Å²) in [6, 6.07) is 1.98. The van der Waals surface area contributed by atoms with E-state index < -0.39 is 5.41 Å². The molecule has 1 aliphatic heterocycles. The molecule has 6 nitrogen and oxygen atoms in total. The second-order valence-electron chi connectivity index (χ2n) is 7.83. The quantitative estimate of drug-likeness (QED) is 0.814. The Kier molecular flexibility index (Phi) is 4.63. The van der Waals surface area contributed by atoms with Crippen LogP contribution in [0.5, 0.6) is 0 Å². The number of allylic oxidation sites excluding steroid dienone is 4. The third-order valence-corrected chi connectivity index (χ3v) is 5.03. The van der Waals surface area contributed by atoms with Crippen molar-refractivity contribution in [2.24, 2.45) is 5.41 Å². The van der Waals surface area contributed by atoms with E-state index in [1.165, 1.54) is 12.8 Å². The fraction of sp³-hybridized carbons (Fsp3) is 0.318. The van der Waals surface area contributed by atoms with Crippen molar-refractivity contribution in [3.8, 4) is 0 Å². The van der Waals surface area contributed by atoms with Gasteiger partial charge in [0.2, 0.25) is 5.91 Å². The zero-order valence-corrected chi connectivity index (χ0v) is 16.3. The van der Waals surface area contributed by atoms with Crippen molar-refractivity contribution in [3.63, 3.8) is 0 Å². The number of nitrogens with zero attached hydrogens (tertiary/aromatic N) is 5. The van der Waals surface area contributed by atoms with Gasteiger partial charge in [-0.1, -0.05) is 18.2 Å². The molecule has 3 heterocycles. The second kappa shape index (κ2) is 7.11. The molecule has 28 heavy (non-hydrogen) atoms. The first-order valence-corrected chi connectivity index (χ1v) is 9.47. The molecule has 1 fully saturated rings. The molecule has 0 spiro atoms. The summed E-state index contributed by atoms with van der Waals surface area (Å²) in [5.74, 6) is 1.75. The number of carbonyl (C=O) groups is 1. The smallest absolute Gasteiger partial charge is 0.241 e. The van der Waals surface area contributed by atoms with Gasteiger partial charge in [0.15, 0.2) is 5.82 Å². The largest absolute Gasteiger partial charge is 0.273 e. The van der Waals surface area contributed by atoms with Crippen molar-refractivity contribution < 1.29 is 4.79 Å². The summed E-state index contributed by atoms with van der Waals surface area (Å²) >= 11 is 0. The van der Waals surface area contributed by atoms with Gasteiger partial charge in [0.05, 0.1) is 11.6 Å². The number of carbonyl (C=O) groups excluding carboxylic acids is 1. The summed E-state index contributed by atoms with van der Waals surface area (Å²) in [5, 5.41) is 8.37. The molecular formula is C22H23N5O. The summed E-state index contributed by atoms with van der Waals surface area (Å²) in [7, 11) is 0. The minimum atomic E-state index is -0.683. The van der Waals surface area contributed by atoms with Crippen molar-refractivity contribution in [2.45, 2.75) is 39.5 Å². The lowest BCUT2D eigenvalue weighted by atomic mass is 9.91. The highest BCUT2D eigenvalue weighted by Gasteiger charge is 2.32. The van der Waals surface area contributed by atoms with Gasteiger partial charge in [-0.2, -0.15) is 5.10 Å². The normalized spacial score (nSPS) is 23.2. The van der Waals surface area contributed by atoms with Crippen LogP contribution in [0.4, 0.5) is 5.82 Å². The van der Waals surface area contributed by atoms with Crippen molar-refractivity contribution in [1.29, 1.82) is 0 Å². The number of rotatable bonds is 3. The van der Waals surface area contributed by atoms with E-state index in [2.05, 4.69) is 20.2 Å². The summed E-state index contributed by atoms with van der Waals surface area (Å²) in [4.78, 5) is 23.4. The molecule has 2 aromatic rings. The molecule has 0 aromatic carbocycles. The van der Waals surface area contributed by atoms with Crippen LogP contribution in [-0.4, -0.2) is 26.1 Å². The third-order valence-electron chi connectivity index (χ3n) is 5.03. The van der Waals surface area contributed by atoms with Gasteiger partial charge in [0.1, 0.15) is 5.82 Å². The first-order chi connectivity index (χ1) is 13.4. The highest BCUT2D eigenvalue weighted by atomic mass is 16.2. The Morgan fingerprint density at radius 1 is 1.14 bits per heavy atom. The Morgan fingerprint density at radius 3 is 2.61 bits per heavy atom. The van der Waals surface area contributed by atoms with Crippen LogP contribution in [0.15, 0.2) is 55.2 Å². The van der Waals surface area contributed by atoms with Crippen LogP contribution in [0.1, 0.15) is 49.6 Å². The maximum atomic E-state index is 13.3. The van der Waals surface area contributed by atoms with Crippen molar-refractivity contribution >= 4 is 17.3 Å². The number of aryl methyl sites for hydroxylation is 1. The lowest BCUT2D eigenvalue weighted by Crippen LogP contribution is -2.37. The van der Waals surface area contributed by atoms with Crippen LogP contribution >= 0.6 is 0 Å². The number of anilines is 1. The Hall–Kier alpha value is -3.15. The highest BCUT2D eigenvalue weighted by Crippen LogP contribution is 2.40. The van der Waals surface area contributed by atoms with E-state index in [9.17, 15) is 4.79 Å². The maximum Gasteiger partial charge on any atom is 0.241 e. The van der Waals surface area contributed by atoms with Crippen molar-refractivity contribution in [3.05, 3.63) is 72.1 Å². The number of amides is 1. The van der Waals surface area contributed by atoms with Gasteiger partial charge in [-0.25, -0.2) is 9.97 Å². The van der Waals surface area contributed by atoms with Crippen LogP contribution in [0.3, 0.4) is 0 Å². The molecule has 142 valence electrons. The molecule has 0 saturated heterocycles. The molecule has 1 amide bonds. The molecule has 2 aromatic heterocycles. The number of aromatic nitrogens is 4. The molecule has 0 radical (unpaired) electrons. The highest BCUT2D eigenvalue weighted by molar-refractivity contribution is 6.00. The zero-order valence-electron chi connectivity index (χ0n) is 16.3. The van der Waals surface area contributed by atoms with Crippen LogP contribution in [-0.2, 0) is 4.79 Å². The first-order valence-electron chi connectivity index (χ1n) is 9.47. The van der Waals surface area contributed by atoms with Gasteiger partial charge in [0.25, 0.3) is 0 Å². The molecule has 0 atom stereocenters. The number of hydrogen-bond acceptors (Lipinski definition) is 5. The SMILES string of the molecule is Cc1ncc(C2=C/C=C/C(C)(C)C(=O)N(c3cc(C4CC4)cnn3)\C=C\2)cn1. The van der Waals surface area contributed by atoms with E-state index in [1.54, 1.807) is 29.7 Å². The molecular weight excluding hydrogens is 350 g/mol. The molecule has 4 rings (SSSR count). The summed E-state index contributed by atoms with van der Waals surface area (Å²) in [6.07, 6.45) is 17.2. The first kappa shape index (κ1) is 18.2. The van der Waals surface area contributed by atoms with E-state index in [0.29, 0.717) is 11.7 Å². The van der Waals surface area contributed by atoms with Gasteiger partial charge in [-0.05, 0) is 62.8 Å². The van der Waals surface area contributed by atoms with Gasteiger partial charge >= 0.3 is 0 Å². The minimum Gasteiger partial charge on any atom is -0.273 e. The molecule has 6 heteroatoms. The van der Waals surface area contributed by atoms with E-state index in [0.717, 1.165) is 22.5 Å². The Bertz CT molecular complexity index is 984. The lowest BCUT2D eigenvalue weighted by Gasteiger charge is -2.26. The van der Waals surface area contributed by atoms with Crippen LogP contribution in [0, 0.1) is 12.3 Å². The Morgan fingerprint density at radius 2 is 1.89 bits per heavy atom. The predicted molar refractivity (Wildman–Crippen MR) is 108 cm³/mol. The zero-order chi connectivity index (χ0) is 19.7. The second-order valence-corrected chi connectivity index (χ2v) is 7.83. The molecule has 0 N–H and O–H groups in total. The van der Waals surface area contributed by atoms with Gasteiger partial charge in [-0.15, -0.1) is 5.10 Å². The van der Waals surface area contributed by atoms with E-state index in [-0.39, 0.29) is 5.91 Å². The van der Waals surface area contributed by atoms with Crippen LogP contribution in [0.2, 0.25) is 0 Å². The lowest BCUT2D eigenvalue weighted by molar-refractivity contribution is -0.123. The fourth-order valence-electron chi connectivity index (χ4n) is 3.09. The van der Waals surface area contributed by atoms with Gasteiger partial charge in [-0.3, -0.25) is 9.69 Å². The van der Waals surface area contributed by atoms with Gasteiger partial charge < -0.3 is 0 Å². The van der Waals surface area contributed by atoms with Gasteiger partial charge in [0, 0.05) is 24.2 Å². The average Bonchev–Trinajstić information content (AvgIpc) is 3.52. The third kappa shape index (κ3) is 3.76.